The molecule has 2 aliphatic heterocycles. The normalized spacial score (nSPS) is 25.5. The number of nitrogens with one attached hydrogen (secondary N) is 1. The summed E-state index contributed by atoms with van der Waals surface area (Å²) in [4.78, 5) is 14.8. The van der Waals surface area contributed by atoms with Crippen LogP contribution in [0.1, 0.15) is 37.4 Å². The highest BCUT2D eigenvalue weighted by molar-refractivity contribution is 7.90. The first kappa shape index (κ1) is 18.9. The van der Waals surface area contributed by atoms with Crippen molar-refractivity contribution in [3.05, 3.63) is 59.3 Å². The van der Waals surface area contributed by atoms with Crippen LogP contribution in [0.5, 0.6) is 0 Å². The maximum atomic E-state index is 13.0. The average molecular weight is 400 g/mol. The number of benzene rings is 1. The second kappa shape index (κ2) is 7.20. The van der Waals surface area contributed by atoms with Crippen molar-refractivity contribution in [2.24, 2.45) is 16.2 Å². The molecule has 0 bridgehead atoms. The lowest BCUT2D eigenvalue weighted by atomic mass is 9.74. The van der Waals surface area contributed by atoms with Gasteiger partial charge in [-0.15, -0.1) is 4.40 Å². The molecule has 0 radical (unpaired) electrons. The van der Waals surface area contributed by atoms with E-state index in [9.17, 15) is 13.2 Å². The quantitative estimate of drug-likeness (QED) is 0.847. The second-order valence-corrected chi connectivity index (χ2v) is 9.70. The molecule has 1 amide bonds. The molecular weight excluding hydrogens is 374 g/mol. The summed E-state index contributed by atoms with van der Waals surface area (Å²) in [6.45, 7) is 4.71. The SMILES string of the molecule is CC(C)[C@@H]1CCc2ccccc2[C@@H]1NC(=O)C1=CN2CCS(=O)(=O)N=C2C=C1. The molecule has 1 N–H and O–H groups in total. The average Bonchev–Trinajstić information content (AvgIpc) is 2.67. The summed E-state index contributed by atoms with van der Waals surface area (Å²) in [5.41, 5.74) is 3.02. The van der Waals surface area contributed by atoms with Crippen molar-refractivity contribution in [1.29, 1.82) is 0 Å². The van der Waals surface area contributed by atoms with Crippen LogP contribution in [0, 0.1) is 11.8 Å². The predicted molar refractivity (Wildman–Crippen MR) is 109 cm³/mol. The van der Waals surface area contributed by atoms with Gasteiger partial charge in [-0.05, 0) is 48.0 Å². The van der Waals surface area contributed by atoms with E-state index in [1.165, 1.54) is 11.1 Å². The van der Waals surface area contributed by atoms with Gasteiger partial charge in [-0.3, -0.25) is 4.79 Å². The molecule has 148 valence electrons. The molecule has 0 spiro atoms. The maximum Gasteiger partial charge on any atom is 0.256 e. The summed E-state index contributed by atoms with van der Waals surface area (Å²) in [7, 11) is -3.40. The Morgan fingerprint density at radius 1 is 1.25 bits per heavy atom. The van der Waals surface area contributed by atoms with Gasteiger partial charge in [-0.25, -0.2) is 8.42 Å². The molecule has 0 fully saturated rings. The zero-order valence-electron chi connectivity index (χ0n) is 16.1. The number of rotatable bonds is 3. The number of fused-ring (bicyclic) bond motifs is 2. The van der Waals surface area contributed by atoms with Crippen LogP contribution >= 0.6 is 0 Å². The first-order valence-electron chi connectivity index (χ1n) is 9.72. The third-order valence-electron chi connectivity index (χ3n) is 5.79. The lowest BCUT2D eigenvalue weighted by Gasteiger charge is -2.37. The molecule has 0 saturated carbocycles. The van der Waals surface area contributed by atoms with Gasteiger partial charge in [0, 0.05) is 12.7 Å². The van der Waals surface area contributed by atoms with E-state index in [2.05, 4.69) is 35.7 Å². The number of hydrogen-bond acceptors (Lipinski definition) is 4. The number of hydrogen-bond donors (Lipinski definition) is 1. The Labute approximate surface area is 166 Å². The van der Waals surface area contributed by atoms with Crippen molar-refractivity contribution in [3.63, 3.8) is 0 Å². The molecule has 0 unspecified atom stereocenters. The van der Waals surface area contributed by atoms with Crippen LogP contribution in [0.25, 0.3) is 0 Å². The van der Waals surface area contributed by atoms with Crippen molar-refractivity contribution >= 4 is 21.8 Å². The monoisotopic (exact) mass is 399 g/mol. The van der Waals surface area contributed by atoms with E-state index in [0.717, 1.165) is 12.8 Å². The third-order valence-corrected chi connectivity index (χ3v) is 6.96. The largest absolute Gasteiger partial charge is 0.345 e. The number of sulfonamides is 1. The van der Waals surface area contributed by atoms with Gasteiger partial charge in [0.1, 0.15) is 5.84 Å². The van der Waals surface area contributed by atoms with E-state index in [-0.39, 0.29) is 17.7 Å². The van der Waals surface area contributed by atoms with Crippen LogP contribution in [0.15, 0.2) is 52.6 Å². The molecule has 0 saturated heterocycles. The highest BCUT2D eigenvalue weighted by Crippen LogP contribution is 2.38. The highest BCUT2D eigenvalue weighted by atomic mass is 32.2. The summed E-state index contributed by atoms with van der Waals surface area (Å²) in [5.74, 6) is 1.02. The van der Waals surface area contributed by atoms with E-state index in [4.69, 9.17) is 0 Å². The Morgan fingerprint density at radius 2 is 2.04 bits per heavy atom. The molecule has 2 atom stereocenters. The minimum absolute atomic E-state index is 0.0245. The van der Waals surface area contributed by atoms with Gasteiger partial charge in [0.05, 0.1) is 17.4 Å². The van der Waals surface area contributed by atoms with Gasteiger partial charge < -0.3 is 10.2 Å². The molecule has 1 aromatic rings. The van der Waals surface area contributed by atoms with Crippen LogP contribution in [-0.4, -0.2) is 37.4 Å². The number of nitrogens with zero attached hydrogens (tertiary/aromatic N) is 2. The lowest BCUT2D eigenvalue weighted by Crippen LogP contribution is -2.41. The zero-order chi connectivity index (χ0) is 19.9. The topological polar surface area (TPSA) is 78.8 Å². The van der Waals surface area contributed by atoms with Crippen molar-refractivity contribution in [3.8, 4) is 0 Å². The fraction of sp³-hybridized carbons (Fsp3) is 0.429. The van der Waals surface area contributed by atoms with Crippen LogP contribution in [0.2, 0.25) is 0 Å². The van der Waals surface area contributed by atoms with Gasteiger partial charge in [0.15, 0.2) is 0 Å². The van der Waals surface area contributed by atoms with Gasteiger partial charge in [-0.2, -0.15) is 0 Å². The van der Waals surface area contributed by atoms with E-state index in [1.54, 1.807) is 23.3 Å². The molecule has 0 aromatic heterocycles. The summed E-state index contributed by atoms with van der Waals surface area (Å²) in [5, 5.41) is 3.24. The van der Waals surface area contributed by atoms with Gasteiger partial charge in [-0.1, -0.05) is 38.1 Å². The van der Waals surface area contributed by atoms with Crippen LogP contribution in [0.3, 0.4) is 0 Å². The van der Waals surface area contributed by atoms with E-state index >= 15 is 0 Å². The Hall–Kier alpha value is -2.41. The minimum Gasteiger partial charge on any atom is -0.345 e. The second-order valence-electron chi connectivity index (χ2n) is 7.94. The number of amidine groups is 1. The summed E-state index contributed by atoms with van der Waals surface area (Å²) in [6.07, 6.45) is 7.03. The number of amides is 1. The first-order valence-corrected chi connectivity index (χ1v) is 11.3. The van der Waals surface area contributed by atoms with E-state index < -0.39 is 10.0 Å². The number of carbonyl (C=O) groups is 1. The van der Waals surface area contributed by atoms with Crippen molar-refractivity contribution < 1.29 is 13.2 Å². The molecule has 6 nitrogen and oxygen atoms in total. The predicted octanol–water partition coefficient (Wildman–Crippen LogP) is 2.56. The molecule has 2 heterocycles. The number of aryl methyl sites for hydroxylation is 1. The molecular formula is C21H25N3O3S. The fourth-order valence-electron chi connectivity index (χ4n) is 4.25. The van der Waals surface area contributed by atoms with Crippen LogP contribution in [0.4, 0.5) is 0 Å². The lowest BCUT2D eigenvalue weighted by molar-refractivity contribution is -0.118. The Kier molecular flexibility index (Phi) is 4.87. The van der Waals surface area contributed by atoms with Gasteiger partial charge in [0.2, 0.25) is 0 Å². The van der Waals surface area contributed by atoms with Crippen molar-refractivity contribution in [2.75, 3.05) is 12.3 Å². The zero-order valence-corrected chi connectivity index (χ0v) is 16.9. The molecule has 1 aromatic carbocycles. The van der Waals surface area contributed by atoms with Crippen LogP contribution in [-0.2, 0) is 21.2 Å². The van der Waals surface area contributed by atoms with E-state index in [0.29, 0.717) is 29.8 Å². The summed E-state index contributed by atoms with van der Waals surface area (Å²) < 4.78 is 27.1. The Balaban J connectivity index is 1.58. The van der Waals surface area contributed by atoms with Crippen LogP contribution < -0.4 is 5.32 Å². The Bertz CT molecular complexity index is 992. The third kappa shape index (κ3) is 3.63. The molecule has 7 heteroatoms. The number of carbonyl (C=O) groups excluding carboxylic acids is 1. The van der Waals surface area contributed by atoms with Crippen molar-refractivity contribution in [1.82, 2.24) is 10.2 Å². The Morgan fingerprint density at radius 3 is 2.82 bits per heavy atom. The standard InChI is InChI=1S/C21H25N3O3S/c1-14(2)17-9-7-15-5-3-4-6-18(15)20(17)22-21(25)16-8-10-19-23-28(26,27)12-11-24(19)13-16/h3-6,8,10,13-14,17,20H,7,9,11-12H2,1-2H3,(H,22,25)/t17-,20+/m0/s1. The summed E-state index contributed by atoms with van der Waals surface area (Å²) in [6, 6.07) is 8.30. The molecule has 28 heavy (non-hydrogen) atoms. The van der Waals surface area contributed by atoms with Gasteiger partial charge in [0.25, 0.3) is 15.9 Å². The summed E-state index contributed by atoms with van der Waals surface area (Å²) >= 11 is 0. The van der Waals surface area contributed by atoms with E-state index in [1.807, 2.05) is 12.1 Å². The fourth-order valence-corrected chi connectivity index (χ4v) is 5.22. The first-order chi connectivity index (χ1) is 13.3. The highest BCUT2D eigenvalue weighted by Gasteiger charge is 2.33. The molecule has 3 aliphatic rings. The smallest absolute Gasteiger partial charge is 0.256 e. The molecule has 4 rings (SSSR count). The molecule has 1 aliphatic carbocycles. The maximum absolute atomic E-state index is 13.0. The van der Waals surface area contributed by atoms with Crippen molar-refractivity contribution in [2.45, 2.75) is 32.7 Å². The minimum atomic E-state index is -3.40. The van der Waals surface area contributed by atoms with Gasteiger partial charge >= 0.3 is 0 Å².